The third kappa shape index (κ3) is 3.43. The molecule has 1 aromatic rings. The van der Waals surface area contributed by atoms with Crippen molar-refractivity contribution in [1.29, 1.82) is 0 Å². The molecule has 2 rings (SSSR count). The Morgan fingerprint density at radius 1 is 1.50 bits per heavy atom. The van der Waals surface area contributed by atoms with Gasteiger partial charge in [-0.1, -0.05) is 15.9 Å². The highest BCUT2D eigenvalue weighted by atomic mass is 79.9. The van der Waals surface area contributed by atoms with Gasteiger partial charge in [-0.3, -0.25) is 0 Å². The normalized spacial score (nSPS) is 18.7. The molecule has 1 aliphatic heterocycles. The van der Waals surface area contributed by atoms with E-state index in [4.69, 9.17) is 5.11 Å². The van der Waals surface area contributed by atoms with Gasteiger partial charge in [-0.25, -0.2) is 14.0 Å². The Balaban J connectivity index is 2.14. The minimum atomic E-state index is -1.05. The lowest BCUT2D eigenvalue weighted by atomic mass is 10.2. The minimum absolute atomic E-state index is 0.0201. The van der Waals surface area contributed by atoms with E-state index >= 15 is 0 Å². The Bertz CT molecular complexity index is 543. The van der Waals surface area contributed by atoms with Crippen LogP contribution in [0.3, 0.4) is 0 Å². The molecule has 0 radical (unpaired) electrons. The van der Waals surface area contributed by atoms with E-state index in [2.05, 4.69) is 21.2 Å². The highest BCUT2D eigenvalue weighted by Crippen LogP contribution is 2.22. The molecule has 1 fully saturated rings. The molecule has 1 atom stereocenters. The zero-order chi connectivity index (χ0) is 14.7. The van der Waals surface area contributed by atoms with E-state index in [0.29, 0.717) is 22.5 Å². The number of thioether (sulfide) groups is 1. The summed E-state index contributed by atoms with van der Waals surface area (Å²) in [5, 5.41) is 11.5. The Labute approximate surface area is 127 Å². The number of carbonyl (C=O) groups is 2. The standard InChI is InChI=1S/C12H12BrFN2O3S/c13-7-1-2-8(14)9(5-7)15-12(19)16-3-4-20-6-10(16)11(17)18/h1-2,5,10H,3-4,6H2,(H,15,19)(H,17,18). The SMILES string of the molecule is O=C(O)C1CSCCN1C(=O)Nc1cc(Br)ccc1F. The zero-order valence-corrected chi connectivity index (χ0v) is 12.7. The van der Waals surface area contributed by atoms with Gasteiger partial charge in [-0.2, -0.15) is 11.8 Å². The summed E-state index contributed by atoms with van der Waals surface area (Å²) in [7, 11) is 0. The molecule has 0 spiro atoms. The third-order valence-corrected chi connectivity index (χ3v) is 4.36. The van der Waals surface area contributed by atoms with E-state index in [1.165, 1.54) is 34.9 Å². The third-order valence-electron chi connectivity index (χ3n) is 2.84. The molecule has 1 aromatic carbocycles. The summed E-state index contributed by atoms with van der Waals surface area (Å²) in [5.74, 6) is -0.621. The number of carbonyl (C=O) groups excluding carboxylic acids is 1. The molecule has 5 nitrogen and oxygen atoms in total. The second kappa shape index (κ2) is 6.45. The number of carboxylic acid groups (broad SMARTS) is 1. The number of amides is 2. The van der Waals surface area contributed by atoms with Crippen LogP contribution < -0.4 is 5.32 Å². The van der Waals surface area contributed by atoms with E-state index in [9.17, 15) is 14.0 Å². The highest BCUT2D eigenvalue weighted by Gasteiger charge is 2.32. The van der Waals surface area contributed by atoms with Crippen molar-refractivity contribution in [1.82, 2.24) is 4.90 Å². The molecule has 8 heteroatoms. The second-order valence-corrected chi connectivity index (χ2v) is 6.24. The van der Waals surface area contributed by atoms with Crippen LogP contribution in [0.4, 0.5) is 14.9 Å². The lowest BCUT2D eigenvalue weighted by Gasteiger charge is -2.32. The lowest BCUT2D eigenvalue weighted by Crippen LogP contribution is -2.51. The van der Waals surface area contributed by atoms with Gasteiger partial charge in [-0.15, -0.1) is 0 Å². The number of anilines is 1. The number of aliphatic carboxylic acids is 1. The van der Waals surface area contributed by atoms with E-state index in [-0.39, 0.29) is 5.69 Å². The average Bonchev–Trinajstić information content (AvgIpc) is 2.42. The largest absolute Gasteiger partial charge is 0.480 e. The van der Waals surface area contributed by atoms with Crippen LogP contribution in [0, 0.1) is 5.82 Å². The van der Waals surface area contributed by atoms with E-state index in [0.717, 1.165) is 0 Å². The molecule has 1 saturated heterocycles. The van der Waals surface area contributed by atoms with Crippen molar-refractivity contribution in [2.45, 2.75) is 6.04 Å². The molecule has 20 heavy (non-hydrogen) atoms. The van der Waals surface area contributed by atoms with E-state index in [1.54, 1.807) is 0 Å². The van der Waals surface area contributed by atoms with Gasteiger partial charge in [0.05, 0.1) is 5.69 Å². The molecule has 1 aliphatic rings. The summed E-state index contributed by atoms with van der Waals surface area (Å²) in [6.45, 7) is 0.323. The van der Waals surface area contributed by atoms with Crippen molar-refractivity contribution in [3.05, 3.63) is 28.5 Å². The summed E-state index contributed by atoms with van der Waals surface area (Å²) in [6, 6.07) is 2.68. The molecular formula is C12H12BrFN2O3S. The molecule has 108 valence electrons. The molecular weight excluding hydrogens is 351 g/mol. The number of halogens is 2. The first-order valence-corrected chi connectivity index (χ1v) is 7.77. The first-order chi connectivity index (χ1) is 9.49. The molecule has 1 heterocycles. The van der Waals surface area contributed by atoms with Crippen LogP contribution in [-0.4, -0.2) is 46.1 Å². The van der Waals surface area contributed by atoms with Crippen molar-refractivity contribution in [2.24, 2.45) is 0 Å². The van der Waals surface area contributed by atoms with Gasteiger partial charge < -0.3 is 15.3 Å². The van der Waals surface area contributed by atoms with Gasteiger partial charge in [-0.05, 0) is 18.2 Å². The Hall–Kier alpha value is -1.28. The number of hydrogen-bond donors (Lipinski definition) is 2. The second-order valence-electron chi connectivity index (χ2n) is 4.18. The monoisotopic (exact) mass is 362 g/mol. The maximum atomic E-state index is 13.6. The van der Waals surface area contributed by atoms with Gasteiger partial charge in [0.2, 0.25) is 0 Å². The summed E-state index contributed by atoms with van der Waals surface area (Å²) >= 11 is 4.67. The number of benzene rings is 1. The zero-order valence-electron chi connectivity index (χ0n) is 10.3. The van der Waals surface area contributed by atoms with Crippen molar-refractivity contribution in [2.75, 3.05) is 23.4 Å². The van der Waals surface area contributed by atoms with E-state index in [1.807, 2.05) is 0 Å². The summed E-state index contributed by atoms with van der Waals surface area (Å²) in [5.41, 5.74) is 0.0201. The van der Waals surface area contributed by atoms with Crippen molar-refractivity contribution in [3.8, 4) is 0 Å². The Morgan fingerprint density at radius 2 is 2.25 bits per heavy atom. The predicted molar refractivity (Wildman–Crippen MR) is 78.6 cm³/mol. The molecule has 0 aromatic heterocycles. The quantitative estimate of drug-likeness (QED) is 0.848. The first kappa shape index (κ1) is 15.1. The minimum Gasteiger partial charge on any atom is -0.480 e. The number of hydrogen-bond acceptors (Lipinski definition) is 3. The van der Waals surface area contributed by atoms with Crippen molar-refractivity contribution in [3.63, 3.8) is 0 Å². The fourth-order valence-electron chi connectivity index (χ4n) is 1.83. The fourth-order valence-corrected chi connectivity index (χ4v) is 3.23. The summed E-state index contributed by atoms with van der Waals surface area (Å²) in [6.07, 6.45) is 0. The highest BCUT2D eigenvalue weighted by molar-refractivity contribution is 9.10. The van der Waals surface area contributed by atoms with Crippen LogP contribution in [0.15, 0.2) is 22.7 Å². The number of nitrogens with zero attached hydrogens (tertiary/aromatic N) is 1. The van der Waals surface area contributed by atoms with E-state index < -0.39 is 23.9 Å². The molecule has 0 aliphatic carbocycles. The molecule has 2 N–H and O–H groups in total. The predicted octanol–water partition coefficient (Wildman–Crippen LogP) is 2.62. The van der Waals surface area contributed by atoms with Gasteiger partial charge in [0.25, 0.3) is 0 Å². The van der Waals surface area contributed by atoms with Gasteiger partial charge in [0, 0.05) is 22.5 Å². The van der Waals surface area contributed by atoms with Crippen LogP contribution in [0.5, 0.6) is 0 Å². The molecule has 1 unspecified atom stereocenters. The van der Waals surface area contributed by atoms with Crippen molar-refractivity contribution < 1.29 is 19.1 Å². The topological polar surface area (TPSA) is 69.6 Å². The number of carboxylic acids is 1. The van der Waals surface area contributed by atoms with Gasteiger partial charge in [0.1, 0.15) is 11.9 Å². The smallest absolute Gasteiger partial charge is 0.327 e. The molecule has 0 bridgehead atoms. The number of rotatable bonds is 2. The van der Waals surface area contributed by atoms with Crippen LogP contribution in [0.2, 0.25) is 0 Å². The van der Waals surface area contributed by atoms with Gasteiger partial charge in [0.15, 0.2) is 0 Å². The van der Waals surface area contributed by atoms with Crippen LogP contribution in [0.25, 0.3) is 0 Å². The van der Waals surface area contributed by atoms with Crippen LogP contribution in [-0.2, 0) is 4.79 Å². The Morgan fingerprint density at radius 3 is 2.95 bits per heavy atom. The molecule has 2 amide bonds. The summed E-state index contributed by atoms with van der Waals surface area (Å²) in [4.78, 5) is 24.5. The number of urea groups is 1. The average molecular weight is 363 g/mol. The number of nitrogens with one attached hydrogen (secondary N) is 1. The summed E-state index contributed by atoms with van der Waals surface area (Å²) < 4.78 is 14.2. The Kier molecular flexibility index (Phi) is 4.87. The maximum absolute atomic E-state index is 13.6. The van der Waals surface area contributed by atoms with Gasteiger partial charge >= 0.3 is 12.0 Å². The first-order valence-electron chi connectivity index (χ1n) is 5.82. The lowest BCUT2D eigenvalue weighted by molar-refractivity contribution is -0.141. The fraction of sp³-hybridized carbons (Fsp3) is 0.333. The molecule has 0 saturated carbocycles. The van der Waals surface area contributed by atoms with Crippen molar-refractivity contribution >= 4 is 45.4 Å². The maximum Gasteiger partial charge on any atom is 0.327 e. The van der Waals surface area contributed by atoms with Crippen LogP contribution in [0.1, 0.15) is 0 Å². The van der Waals surface area contributed by atoms with Crippen LogP contribution >= 0.6 is 27.7 Å².